The Balaban J connectivity index is 1.70. The van der Waals surface area contributed by atoms with Crippen molar-refractivity contribution in [3.05, 3.63) is 111 Å². The molecule has 0 fully saturated rings. The number of ketones is 1. The number of aryl methyl sites for hydroxylation is 2. The monoisotopic (exact) mass is 504 g/mol. The highest BCUT2D eigenvalue weighted by atomic mass is 16.5. The largest absolute Gasteiger partial charge is 0.496 e. The van der Waals surface area contributed by atoms with Gasteiger partial charge in [-0.2, -0.15) is 5.26 Å². The second-order valence-electron chi connectivity index (χ2n) is 8.99. The lowest BCUT2D eigenvalue weighted by molar-refractivity contribution is 0.0991. The Bertz CT molecular complexity index is 1740. The number of nitrogens with zero attached hydrogens (tertiary/aromatic N) is 4. The predicted molar refractivity (Wildman–Crippen MR) is 142 cm³/mol. The lowest BCUT2D eigenvalue weighted by Gasteiger charge is -2.16. The number of fused-ring (bicyclic) bond motifs is 1. The molecule has 2 aromatic carbocycles. The first-order valence-electron chi connectivity index (χ1n) is 12.0. The van der Waals surface area contributed by atoms with Crippen LogP contribution in [0.25, 0.3) is 22.0 Å². The van der Waals surface area contributed by atoms with Gasteiger partial charge in [0.1, 0.15) is 11.5 Å². The number of hydrogen-bond acceptors (Lipinski definition) is 7. The van der Waals surface area contributed by atoms with Crippen molar-refractivity contribution in [1.29, 1.82) is 5.26 Å². The number of methoxy groups -OCH3 is 1. The lowest BCUT2D eigenvalue weighted by Crippen LogP contribution is -2.28. The topological polar surface area (TPSA) is 111 Å². The number of pyridine rings is 2. The molecule has 38 heavy (non-hydrogen) atoms. The van der Waals surface area contributed by atoms with E-state index in [9.17, 15) is 9.59 Å². The zero-order valence-electron chi connectivity index (χ0n) is 21.2. The number of ether oxygens (including phenoxy) is 1. The van der Waals surface area contributed by atoms with Crippen molar-refractivity contribution in [2.45, 2.75) is 26.8 Å². The van der Waals surface area contributed by atoms with E-state index in [-0.39, 0.29) is 24.3 Å². The first-order chi connectivity index (χ1) is 18.4. The van der Waals surface area contributed by atoms with E-state index < -0.39 is 5.56 Å². The van der Waals surface area contributed by atoms with E-state index in [1.165, 1.54) is 0 Å². The van der Waals surface area contributed by atoms with Gasteiger partial charge in [-0.25, -0.2) is 0 Å². The quantitative estimate of drug-likeness (QED) is 0.286. The Labute approximate surface area is 218 Å². The van der Waals surface area contributed by atoms with Gasteiger partial charge < -0.3 is 13.8 Å². The molecule has 0 aliphatic rings. The predicted octanol–water partition coefficient (Wildman–Crippen LogP) is 5.02. The van der Waals surface area contributed by atoms with Crippen LogP contribution in [0.2, 0.25) is 0 Å². The lowest BCUT2D eigenvalue weighted by atomic mass is 9.97. The number of hydrogen-bond donors (Lipinski definition) is 0. The van der Waals surface area contributed by atoms with Crippen LogP contribution in [0, 0.1) is 25.2 Å². The molecule has 0 atom stereocenters. The summed E-state index contributed by atoms with van der Waals surface area (Å²) in [5.74, 6) is 0.878. The summed E-state index contributed by atoms with van der Waals surface area (Å²) in [6.07, 6.45) is 1.70. The van der Waals surface area contributed by atoms with Crippen LogP contribution in [0.15, 0.2) is 76.2 Å². The summed E-state index contributed by atoms with van der Waals surface area (Å²) in [6, 6.07) is 19.7. The first-order valence-corrected chi connectivity index (χ1v) is 12.0. The normalized spacial score (nSPS) is 10.9. The minimum atomic E-state index is -0.408. The summed E-state index contributed by atoms with van der Waals surface area (Å²) in [4.78, 5) is 31.6. The van der Waals surface area contributed by atoms with Crippen LogP contribution in [-0.2, 0) is 13.0 Å². The minimum absolute atomic E-state index is 0.0307. The molecule has 5 aromatic rings. The summed E-state index contributed by atoms with van der Waals surface area (Å²) >= 11 is 0. The molecule has 0 bridgehead atoms. The maximum Gasteiger partial charge on any atom is 0.262 e. The highest BCUT2D eigenvalue weighted by molar-refractivity contribution is 6.01. The van der Waals surface area contributed by atoms with Crippen molar-refractivity contribution >= 4 is 16.7 Å². The van der Waals surface area contributed by atoms with Gasteiger partial charge in [0.05, 0.1) is 53.3 Å². The van der Waals surface area contributed by atoms with Gasteiger partial charge in [0.2, 0.25) is 0 Å². The van der Waals surface area contributed by atoms with Crippen molar-refractivity contribution in [1.82, 2.24) is 14.7 Å². The van der Waals surface area contributed by atoms with Gasteiger partial charge in [-0.3, -0.25) is 14.6 Å². The molecule has 0 spiro atoms. The average Bonchev–Trinajstić information content (AvgIpc) is 3.27. The van der Waals surface area contributed by atoms with Crippen LogP contribution >= 0.6 is 0 Å². The standard InChI is InChI=1S/C30H24N4O4/c1-18-29(19(2)38-33-18)25-14-22-13-24(27(35)12-20-7-9-21(16-31)10-8-20)30(36)34(26(22)15-28(25)37-3)17-23-6-4-5-11-32-23/h4-11,13-15H,12,17H2,1-3H3. The molecule has 0 aliphatic heterocycles. The Morgan fingerprint density at radius 2 is 1.89 bits per heavy atom. The van der Waals surface area contributed by atoms with Crippen molar-refractivity contribution in [3.8, 4) is 22.9 Å². The van der Waals surface area contributed by atoms with Crippen LogP contribution < -0.4 is 10.3 Å². The molecule has 0 saturated carbocycles. The molecule has 8 nitrogen and oxygen atoms in total. The molecule has 8 heteroatoms. The summed E-state index contributed by atoms with van der Waals surface area (Å²) in [5, 5.41) is 13.8. The molecular formula is C30H24N4O4. The molecule has 0 saturated heterocycles. The van der Waals surface area contributed by atoms with Crippen molar-refractivity contribution < 1.29 is 14.1 Å². The number of carbonyl (C=O) groups excluding carboxylic acids is 1. The third kappa shape index (κ3) is 4.58. The zero-order valence-corrected chi connectivity index (χ0v) is 21.2. The molecule has 0 unspecified atom stereocenters. The number of Topliss-reactive ketones (excluding diaryl/α,β-unsaturated/α-hetero) is 1. The van der Waals surface area contributed by atoms with Crippen molar-refractivity contribution in [2.75, 3.05) is 7.11 Å². The first kappa shape index (κ1) is 24.7. The van der Waals surface area contributed by atoms with E-state index >= 15 is 0 Å². The average molecular weight is 505 g/mol. The fourth-order valence-electron chi connectivity index (χ4n) is 4.63. The second-order valence-corrected chi connectivity index (χ2v) is 8.99. The molecule has 0 aliphatic carbocycles. The Hall–Kier alpha value is -5.03. The molecule has 3 aromatic heterocycles. The molecule has 0 amide bonds. The van der Waals surface area contributed by atoms with Crippen LogP contribution in [0.4, 0.5) is 0 Å². The van der Waals surface area contributed by atoms with Gasteiger partial charge in [0.15, 0.2) is 5.78 Å². The van der Waals surface area contributed by atoms with E-state index in [1.54, 1.807) is 60.3 Å². The van der Waals surface area contributed by atoms with Gasteiger partial charge in [-0.05, 0) is 55.8 Å². The van der Waals surface area contributed by atoms with E-state index in [1.807, 2.05) is 32.0 Å². The molecule has 0 N–H and O–H groups in total. The van der Waals surface area contributed by atoms with Crippen molar-refractivity contribution in [2.24, 2.45) is 0 Å². The molecule has 0 radical (unpaired) electrons. The third-order valence-electron chi connectivity index (χ3n) is 6.51. The van der Waals surface area contributed by atoms with E-state index in [0.29, 0.717) is 39.4 Å². The van der Waals surface area contributed by atoms with Gasteiger partial charge in [-0.15, -0.1) is 0 Å². The maximum atomic E-state index is 13.7. The summed E-state index contributed by atoms with van der Waals surface area (Å²) < 4.78 is 12.7. The van der Waals surface area contributed by atoms with Crippen LogP contribution in [0.1, 0.15) is 38.6 Å². The Morgan fingerprint density at radius 3 is 2.53 bits per heavy atom. The highest BCUT2D eigenvalue weighted by Crippen LogP contribution is 2.37. The zero-order chi connectivity index (χ0) is 26.8. The van der Waals surface area contributed by atoms with Gasteiger partial charge in [-0.1, -0.05) is 23.4 Å². The van der Waals surface area contributed by atoms with Gasteiger partial charge >= 0.3 is 0 Å². The number of nitriles is 1. The number of carbonyl (C=O) groups is 1. The molecule has 188 valence electrons. The Kier molecular flexibility index (Phi) is 6.58. The number of aromatic nitrogens is 3. The smallest absolute Gasteiger partial charge is 0.262 e. The maximum absolute atomic E-state index is 13.7. The number of rotatable bonds is 7. The van der Waals surface area contributed by atoms with Gasteiger partial charge in [0.25, 0.3) is 5.56 Å². The van der Waals surface area contributed by atoms with Gasteiger partial charge in [0, 0.05) is 29.6 Å². The molecular weight excluding hydrogens is 480 g/mol. The van der Waals surface area contributed by atoms with E-state index in [2.05, 4.69) is 16.2 Å². The van der Waals surface area contributed by atoms with E-state index in [0.717, 1.165) is 16.7 Å². The molecule has 3 heterocycles. The second kappa shape index (κ2) is 10.1. The SMILES string of the molecule is COc1cc2c(cc1-c1c(C)noc1C)cc(C(=O)Cc1ccc(C#N)cc1)c(=O)n2Cc1ccccn1. The highest BCUT2D eigenvalue weighted by Gasteiger charge is 2.21. The Morgan fingerprint density at radius 1 is 1.11 bits per heavy atom. The summed E-state index contributed by atoms with van der Waals surface area (Å²) in [7, 11) is 1.57. The van der Waals surface area contributed by atoms with Crippen LogP contribution in [0.5, 0.6) is 5.75 Å². The van der Waals surface area contributed by atoms with Crippen molar-refractivity contribution in [3.63, 3.8) is 0 Å². The number of benzene rings is 2. The summed E-state index contributed by atoms with van der Waals surface area (Å²) in [5.41, 5.74) is 4.45. The third-order valence-corrected chi connectivity index (χ3v) is 6.51. The fraction of sp³-hybridized carbons (Fsp3) is 0.167. The van der Waals surface area contributed by atoms with E-state index in [4.69, 9.17) is 14.5 Å². The van der Waals surface area contributed by atoms with Crippen LogP contribution in [-0.4, -0.2) is 27.6 Å². The fourth-order valence-corrected chi connectivity index (χ4v) is 4.63. The van der Waals surface area contributed by atoms with Crippen LogP contribution in [0.3, 0.4) is 0 Å². The minimum Gasteiger partial charge on any atom is -0.496 e. The molecule has 5 rings (SSSR count). The summed E-state index contributed by atoms with van der Waals surface area (Å²) in [6.45, 7) is 3.86.